The molecule has 3 fully saturated rings. The monoisotopic (exact) mass is 514 g/mol. The second kappa shape index (κ2) is 9.77. The van der Waals surface area contributed by atoms with Crippen molar-refractivity contribution < 1.29 is 14.3 Å². The number of para-hydroxylation sites is 1. The number of benzene rings is 2. The lowest BCUT2D eigenvalue weighted by atomic mass is 10.0. The van der Waals surface area contributed by atoms with E-state index < -0.39 is 0 Å². The lowest BCUT2D eigenvalue weighted by molar-refractivity contribution is -0.135. The van der Waals surface area contributed by atoms with Crippen LogP contribution in [0.1, 0.15) is 50.3 Å². The van der Waals surface area contributed by atoms with Gasteiger partial charge in [-0.25, -0.2) is 0 Å². The lowest BCUT2D eigenvalue weighted by Gasteiger charge is -2.29. The highest BCUT2D eigenvalue weighted by Crippen LogP contribution is 2.67. The number of H-pyrrole nitrogens is 1. The average Bonchev–Trinajstić information content (AvgIpc) is 3.80. The molecule has 38 heavy (non-hydrogen) atoms. The summed E-state index contributed by atoms with van der Waals surface area (Å²) in [6.45, 7) is 10.0. The molecule has 2 N–H and O–H groups in total. The van der Waals surface area contributed by atoms with Crippen molar-refractivity contribution in [3.8, 4) is 0 Å². The number of ether oxygens (including phenoxy) is 1. The molecule has 2 amide bonds. The minimum absolute atomic E-state index is 0.0467. The fraction of sp³-hybridized carbons (Fsp3) is 0.484. The zero-order valence-corrected chi connectivity index (χ0v) is 22.6. The molecular formula is C31H38N4O3. The molecule has 0 spiro atoms. The second-order valence-electron chi connectivity index (χ2n) is 11.8. The average molecular weight is 515 g/mol. The van der Waals surface area contributed by atoms with Crippen LogP contribution >= 0.6 is 0 Å². The van der Waals surface area contributed by atoms with E-state index in [0.717, 1.165) is 56.0 Å². The smallest absolute Gasteiger partial charge is 0.244 e. The Kier molecular flexibility index (Phi) is 6.42. The van der Waals surface area contributed by atoms with Gasteiger partial charge in [-0.15, -0.1) is 0 Å². The Morgan fingerprint density at radius 1 is 1.08 bits per heavy atom. The quantitative estimate of drug-likeness (QED) is 0.440. The third kappa shape index (κ3) is 4.80. The summed E-state index contributed by atoms with van der Waals surface area (Å²) in [7, 11) is 0. The molecule has 2 aromatic carbocycles. The van der Waals surface area contributed by atoms with Crippen molar-refractivity contribution >= 4 is 34.1 Å². The topological polar surface area (TPSA) is 77.7 Å². The van der Waals surface area contributed by atoms with Crippen molar-refractivity contribution in [1.82, 2.24) is 9.88 Å². The number of nitrogens with zero attached hydrogens (tertiary/aromatic N) is 2. The molecule has 0 radical (unpaired) electrons. The lowest BCUT2D eigenvalue weighted by Crippen LogP contribution is -2.40. The van der Waals surface area contributed by atoms with Gasteiger partial charge in [0.25, 0.3) is 0 Å². The Morgan fingerprint density at radius 3 is 2.50 bits per heavy atom. The maximum absolute atomic E-state index is 13.6. The fourth-order valence-electron chi connectivity index (χ4n) is 6.44. The van der Waals surface area contributed by atoms with Crippen molar-refractivity contribution in [2.75, 3.05) is 43.1 Å². The number of rotatable bonds is 8. The number of amides is 2. The standard InChI is InChI=1S/C31H38N4O3/c1-20-29(24-6-4-5-7-26(24)32-20)30-25(31(30,2)3)18-28(37)35(23-12-13-23)19-27(36)33-21-8-10-22(11-9-21)34-14-16-38-17-15-34/h4-11,23,25,30,32H,12-19H2,1-3H3,(H,33,36)/t25-,30+/m0/s1. The number of anilines is 2. The van der Waals surface area contributed by atoms with Crippen LogP contribution in [-0.4, -0.2) is 60.6 Å². The van der Waals surface area contributed by atoms with E-state index in [9.17, 15) is 9.59 Å². The molecule has 2 atom stereocenters. The fourth-order valence-corrected chi connectivity index (χ4v) is 6.44. The maximum atomic E-state index is 13.6. The predicted octanol–water partition coefficient (Wildman–Crippen LogP) is 5.07. The zero-order valence-electron chi connectivity index (χ0n) is 22.6. The Labute approximate surface area is 224 Å². The first-order chi connectivity index (χ1) is 18.3. The molecule has 6 rings (SSSR count). The Morgan fingerprint density at radius 2 is 1.79 bits per heavy atom. The van der Waals surface area contributed by atoms with Crippen LogP contribution in [-0.2, 0) is 14.3 Å². The summed E-state index contributed by atoms with van der Waals surface area (Å²) in [4.78, 5) is 34.2. The number of fused-ring (bicyclic) bond motifs is 1. The van der Waals surface area contributed by atoms with Crippen LogP contribution in [0.25, 0.3) is 10.9 Å². The van der Waals surface area contributed by atoms with Gasteiger partial charge in [-0.3, -0.25) is 9.59 Å². The van der Waals surface area contributed by atoms with Gasteiger partial charge in [-0.1, -0.05) is 32.0 Å². The van der Waals surface area contributed by atoms with Crippen molar-refractivity contribution in [2.45, 2.75) is 52.0 Å². The molecule has 1 aliphatic heterocycles. The highest BCUT2D eigenvalue weighted by atomic mass is 16.5. The van der Waals surface area contributed by atoms with Crippen LogP contribution in [0.4, 0.5) is 11.4 Å². The number of nitrogens with one attached hydrogen (secondary N) is 2. The number of aromatic nitrogens is 1. The summed E-state index contributed by atoms with van der Waals surface area (Å²) >= 11 is 0. The van der Waals surface area contributed by atoms with E-state index in [1.807, 2.05) is 29.2 Å². The Bertz CT molecular complexity index is 1330. The van der Waals surface area contributed by atoms with E-state index in [0.29, 0.717) is 12.3 Å². The third-order valence-corrected chi connectivity index (χ3v) is 8.85. The molecule has 1 aromatic heterocycles. The highest BCUT2D eigenvalue weighted by Gasteiger charge is 2.60. The maximum Gasteiger partial charge on any atom is 0.244 e. The molecule has 7 heteroatoms. The van der Waals surface area contributed by atoms with Gasteiger partial charge in [-0.05, 0) is 72.9 Å². The number of hydrogen-bond donors (Lipinski definition) is 2. The second-order valence-corrected chi connectivity index (χ2v) is 11.8. The van der Waals surface area contributed by atoms with Crippen LogP contribution in [0.3, 0.4) is 0 Å². The van der Waals surface area contributed by atoms with Crippen LogP contribution < -0.4 is 10.2 Å². The van der Waals surface area contributed by atoms with E-state index in [1.54, 1.807) is 0 Å². The van der Waals surface area contributed by atoms with E-state index in [-0.39, 0.29) is 35.7 Å². The summed E-state index contributed by atoms with van der Waals surface area (Å²) < 4.78 is 5.43. The van der Waals surface area contributed by atoms with E-state index >= 15 is 0 Å². The van der Waals surface area contributed by atoms with Crippen LogP contribution in [0, 0.1) is 18.3 Å². The van der Waals surface area contributed by atoms with Gasteiger partial charge >= 0.3 is 0 Å². The van der Waals surface area contributed by atoms with Crippen molar-refractivity contribution in [3.05, 3.63) is 59.8 Å². The molecule has 2 aliphatic carbocycles. The van der Waals surface area contributed by atoms with Gasteiger partial charge in [0.2, 0.25) is 11.8 Å². The number of carbonyl (C=O) groups excluding carboxylic acids is 2. The summed E-state index contributed by atoms with van der Waals surface area (Å²) in [6, 6.07) is 16.6. The Balaban J connectivity index is 1.09. The summed E-state index contributed by atoms with van der Waals surface area (Å²) in [5, 5.41) is 4.26. The van der Waals surface area contributed by atoms with Crippen LogP contribution in [0.5, 0.6) is 0 Å². The minimum Gasteiger partial charge on any atom is -0.378 e. The summed E-state index contributed by atoms with van der Waals surface area (Å²) in [5.74, 6) is 0.569. The first-order valence-corrected chi connectivity index (χ1v) is 13.9. The molecule has 2 saturated carbocycles. The van der Waals surface area contributed by atoms with Gasteiger partial charge in [-0.2, -0.15) is 0 Å². The highest BCUT2D eigenvalue weighted by molar-refractivity contribution is 5.95. The number of aromatic amines is 1. The van der Waals surface area contributed by atoms with Crippen LogP contribution in [0.15, 0.2) is 48.5 Å². The zero-order chi connectivity index (χ0) is 26.4. The first-order valence-electron chi connectivity index (χ1n) is 13.9. The Hall–Kier alpha value is -3.32. The molecule has 0 bridgehead atoms. The SMILES string of the molecule is Cc1[nH]c2ccccc2c1[C@H]1[C@H](CC(=O)N(CC(=O)Nc2ccc(N3CCOCC3)cc2)C2CC2)C1(C)C. The van der Waals surface area contributed by atoms with Crippen molar-refractivity contribution in [2.24, 2.45) is 11.3 Å². The van der Waals surface area contributed by atoms with Crippen molar-refractivity contribution in [1.29, 1.82) is 0 Å². The normalized spacial score (nSPS) is 22.3. The number of aryl methyl sites for hydroxylation is 1. The largest absolute Gasteiger partial charge is 0.378 e. The molecule has 200 valence electrons. The molecule has 3 aliphatic rings. The van der Waals surface area contributed by atoms with Gasteiger partial charge in [0.05, 0.1) is 13.2 Å². The molecule has 7 nitrogen and oxygen atoms in total. The van der Waals surface area contributed by atoms with Crippen LogP contribution in [0.2, 0.25) is 0 Å². The van der Waals surface area contributed by atoms with E-state index in [4.69, 9.17) is 4.74 Å². The predicted molar refractivity (Wildman–Crippen MR) is 151 cm³/mol. The van der Waals surface area contributed by atoms with Gasteiger partial charge in [0.1, 0.15) is 6.54 Å². The third-order valence-electron chi connectivity index (χ3n) is 8.85. The van der Waals surface area contributed by atoms with Gasteiger partial charge in [0, 0.05) is 53.5 Å². The number of morpholine rings is 1. The molecule has 0 unspecified atom stereocenters. The number of carbonyl (C=O) groups is 2. The summed E-state index contributed by atoms with van der Waals surface area (Å²) in [6.07, 6.45) is 2.44. The number of hydrogen-bond acceptors (Lipinski definition) is 4. The molecule has 3 aromatic rings. The van der Waals surface area contributed by atoms with Crippen molar-refractivity contribution in [3.63, 3.8) is 0 Å². The van der Waals surface area contributed by atoms with E-state index in [2.05, 4.69) is 60.2 Å². The van der Waals surface area contributed by atoms with Gasteiger partial charge in [0.15, 0.2) is 0 Å². The summed E-state index contributed by atoms with van der Waals surface area (Å²) in [5.41, 5.74) is 5.63. The molecule has 2 heterocycles. The van der Waals surface area contributed by atoms with E-state index in [1.165, 1.54) is 16.6 Å². The first kappa shape index (κ1) is 25.0. The van der Waals surface area contributed by atoms with Gasteiger partial charge < -0.3 is 24.8 Å². The minimum atomic E-state index is -0.136. The molecular weight excluding hydrogens is 476 g/mol. The molecule has 1 saturated heterocycles.